The SMILES string of the molecule is CCC(N)c1cc(OC(C)(C)C)no1. The van der Waals surface area contributed by atoms with Crippen molar-refractivity contribution in [1.29, 1.82) is 0 Å². The molecule has 0 bridgehead atoms. The zero-order chi connectivity index (χ0) is 10.8. The molecule has 0 aliphatic heterocycles. The summed E-state index contributed by atoms with van der Waals surface area (Å²) in [5, 5.41) is 3.79. The first kappa shape index (κ1) is 11.0. The first-order valence-corrected chi connectivity index (χ1v) is 4.83. The Morgan fingerprint density at radius 2 is 2.21 bits per heavy atom. The van der Waals surface area contributed by atoms with E-state index in [-0.39, 0.29) is 11.6 Å². The van der Waals surface area contributed by atoms with Crippen molar-refractivity contribution in [3.8, 4) is 5.88 Å². The monoisotopic (exact) mass is 198 g/mol. The predicted molar refractivity (Wildman–Crippen MR) is 54.1 cm³/mol. The summed E-state index contributed by atoms with van der Waals surface area (Å²) in [6.07, 6.45) is 0.824. The summed E-state index contributed by atoms with van der Waals surface area (Å²) in [5.41, 5.74) is 5.52. The number of hydrogen-bond donors (Lipinski definition) is 1. The minimum atomic E-state index is -0.259. The highest BCUT2D eigenvalue weighted by Crippen LogP contribution is 2.21. The summed E-state index contributed by atoms with van der Waals surface area (Å²) in [6, 6.07) is 1.65. The van der Waals surface area contributed by atoms with Crippen LogP contribution >= 0.6 is 0 Å². The molecule has 1 heterocycles. The van der Waals surface area contributed by atoms with E-state index in [1.54, 1.807) is 6.07 Å². The second-order valence-electron chi connectivity index (χ2n) is 4.30. The van der Waals surface area contributed by atoms with Crippen molar-refractivity contribution in [2.75, 3.05) is 0 Å². The molecule has 1 aromatic rings. The molecule has 14 heavy (non-hydrogen) atoms. The van der Waals surface area contributed by atoms with Gasteiger partial charge in [-0.3, -0.25) is 0 Å². The van der Waals surface area contributed by atoms with Crippen molar-refractivity contribution in [3.05, 3.63) is 11.8 Å². The van der Waals surface area contributed by atoms with Crippen molar-refractivity contribution in [2.24, 2.45) is 5.73 Å². The molecule has 0 aliphatic rings. The largest absolute Gasteiger partial charge is 0.470 e. The Bertz CT molecular complexity index is 289. The first-order valence-electron chi connectivity index (χ1n) is 4.83. The number of ether oxygens (including phenoxy) is 1. The van der Waals surface area contributed by atoms with Gasteiger partial charge in [-0.25, -0.2) is 0 Å². The maximum Gasteiger partial charge on any atom is 0.254 e. The molecule has 0 spiro atoms. The molecule has 0 aliphatic carbocycles. The van der Waals surface area contributed by atoms with E-state index in [2.05, 4.69) is 5.16 Å². The minimum absolute atomic E-state index is 0.0974. The summed E-state index contributed by atoms with van der Waals surface area (Å²) < 4.78 is 10.6. The third-order valence-corrected chi connectivity index (χ3v) is 1.72. The zero-order valence-corrected chi connectivity index (χ0v) is 9.20. The highest BCUT2D eigenvalue weighted by Gasteiger charge is 2.17. The topological polar surface area (TPSA) is 61.3 Å². The molecule has 0 amide bonds. The molecule has 0 saturated carbocycles. The van der Waals surface area contributed by atoms with Crippen LogP contribution in [0.5, 0.6) is 5.88 Å². The molecule has 4 nitrogen and oxygen atoms in total. The smallest absolute Gasteiger partial charge is 0.254 e. The maximum atomic E-state index is 5.78. The number of aromatic nitrogens is 1. The molecule has 1 atom stereocenters. The third kappa shape index (κ3) is 3.03. The Hall–Kier alpha value is -1.03. The van der Waals surface area contributed by atoms with Gasteiger partial charge in [0.05, 0.1) is 6.04 Å². The molecule has 2 N–H and O–H groups in total. The quantitative estimate of drug-likeness (QED) is 0.809. The van der Waals surface area contributed by atoms with Gasteiger partial charge < -0.3 is 15.0 Å². The van der Waals surface area contributed by atoms with E-state index >= 15 is 0 Å². The summed E-state index contributed by atoms with van der Waals surface area (Å²) in [4.78, 5) is 0. The van der Waals surface area contributed by atoms with Gasteiger partial charge >= 0.3 is 0 Å². The molecule has 0 radical (unpaired) electrons. The predicted octanol–water partition coefficient (Wildman–Crippen LogP) is 2.26. The van der Waals surface area contributed by atoms with E-state index in [4.69, 9.17) is 15.0 Å². The van der Waals surface area contributed by atoms with Gasteiger partial charge in [0.2, 0.25) is 0 Å². The molecule has 80 valence electrons. The average molecular weight is 198 g/mol. The van der Waals surface area contributed by atoms with Crippen molar-refractivity contribution in [1.82, 2.24) is 5.16 Å². The standard InChI is InChI=1S/C10H18N2O2/c1-5-7(11)8-6-9(12-14-8)13-10(2,3)4/h6-7H,5,11H2,1-4H3. The van der Waals surface area contributed by atoms with Gasteiger partial charge in [0.1, 0.15) is 5.60 Å². The Balaban J connectivity index is 2.69. The highest BCUT2D eigenvalue weighted by molar-refractivity contribution is 5.14. The lowest BCUT2D eigenvalue weighted by Gasteiger charge is -2.18. The van der Waals surface area contributed by atoms with Crippen LogP contribution in [0.15, 0.2) is 10.6 Å². The second-order valence-corrected chi connectivity index (χ2v) is 4.30. The lowest BCUT2D eigenvalue weighted by atomic mass is 10.2. The van der Waals surface area contributed by atoms with Gasteiger partial charge in [0.15, 0.2) is 5.76 Å². The molecule has 0 fully saturated rings. The maximum absolute atomic E-state index is 5.78. The summed E-state index contributed by atoms with van der Waals surface area (Å²) in [5.74, 6) is 1.17. The van der Waals surface area contributed by atoms with Gasteiger partial charge in [-0.15, -0.1) is 0 Å². The van der Waals surface area contributed by atoms with Crippen LogP contribution in [0.1, 0.15) is 45.9 Å². The molecular weight excluding hydrogens is 180 g/mol. The van der Waals surface area contributed by atoms with E-state index in [0.29, 0.717) is 11.6 Å². The fraction of sp³-hybridized carbons (Fsp3) is 0.700. The molecule has 1 rings (SSSR count). The zero-order valence-electron chi connectivity index (χ0n) is 9.20. The molecule has 0 saturated heterocycles. The van der Waals surface area contributed by atoms with Gasteiger partial charge in [-0.2, -0.15) is 0 Å². The van der Waals surface area contributed by atoms with E-state index < -0.39 is 0 Å². The Labute approximate surface area is 84.4 Å². The van der Waals surface area contributed by atoms with Gasteiger partial charge in [0.25, 0.3) is 5.88 Å². The lowest BCUT2D eigenvalue weighted by Crippen LogP contribution is -2.23. The fourth-order valence-electron chi connectivity index (χ4n) is 1.01. The normalized spacial score (nSPS) is 14.1. The van der Waals surface area contributed by atoms with Crippen LogP contribution in [0.25, 0.3) is 0 Å². The molecular formula is C10H18N2O2. The van der Waals surface area contributed by atoms with Crippen LogP contribution in [0, 0.1) is 0 Å². The van der Waals surface area contributed by atoms with E-state index in [0.717, 1.165) is 6.42 Å². The molecule has 1 unspecified atom stereocenters. The fourth-order valence-corrected chi connectivity index (χ4v) is 1.01. The van der Waals surface area contributed by atoms with Gasteiger partial charge in [-0.1, -0.05) is 6.92 Å². The van der Waals surface area contributed by atoms with Crippen molar-refractivity contribution < 1.29 is 9.26 Å². The highest BCUT2D eigenvalue weighted by atomic mass is 16.6. The van der Waals surface area contributed by atoms with Gasteiger partial charge in [0, 0.05) is 6.07 Å². The Morgan fingerprint density at radius 3 is 2.71 bits per heavy atom. The molecule has 4 heteroatoms. The summed E-state index contributed by atoms with van der Waals surface area (Å²) in [6.45, 7) is 7.88. The van der Waals surface area contributed by atoms with Crippen molar-refractivity contribution in [3.63, 3.8) is 0 Å². The lowest BCUT2D eigenvalue weighted by molar-refractivity contribution is 0.117. The molecule has 0 aromatic carbocycles. The first-order chi connectivity index (χ1) is 6.42. The Morgan fingerprint density at radius 1 is 1.57 bits per heavy atom. The van der Waals surface area contributed by atoms with Crippen molar-refractivity contribution in [2.45, 2.75) is 45.8 Å². The van der Waals surface area contributed by atoms with Crippen LogP contribution < -0.4 is 10.5 Å². The van der Waals surface area contributed by atoms with E-state index in [1.165, 1.54) is 0 Å². The minimum Gasteiger partial charge on any atom is -0.470 e. The van der Waals surface area contributed by atoms with Gasteiger partial charge in [-0.05, 0) is 32.3 Å². The number of rotatable bonds is 3. The summed E-state index contributed by atoms with van der Waals surface area (Å²) >= 11 is 0. The number of nitrogens with two attached hydrogens (primary N) is 1. The third-order valence-electron chi connectivity index (χ3n) is 1.72. The van der Waals surface area contributed by atoms with Crippen molar-refractivity contribution >= 4 is 0 Å². The molecule has 1 aromatic heterocycles. The number of hydrogen-bond acceptors (Lipinski definition) is 4. The number of nitrogens with zero attached hydrogens (tertiary/aromatic N) is 1. The van der Waals surface area contributed by atoms with E-state index in [1.807, 2.05) is 27.7 Å². The summed E-state index contributed by atoms with van der Waals surface area (Å²) in [7, 11) is 0. The van der Waals surface area contributed by atoms with Crippen LogP contribution in [-0.4, -0.2) is 10.8 Å². The second kappa shape index (κ2) is 4.00. The van der Waals surface area contributed by atoms with Crippen LogP contribution in [0.2, 0.25) is 0 Å². The van der Waals surface area contributed by atoms with Crippen LogP contribution in [0.3, 0.4) is 0 Å². The van der Waals surface area contributed by atoms with Crippen LogP contribution in [0.4, 0.5) is 0 Å². The average Bonchev–Trinajstić information content (AvgIpc) is 2.48. The Kier molecular flexibility index (Phi) is 3.16. The van der Waals surface area contributed by atoms with Crippen LogP contribution in [-0.2, 0) is 0 Å². The van der Waals surface area contributed by atoms with E-state index in [9.17, 15) is 0 Å².